The fraction of sp³-hybridized carbons (Fsp3) is 0.0769. The summed E-state index contributed by atoms with van der Waals surface area (Å²) < 4.78 is 4.99. The summed E-state index contributed by atoms with van der Waals surface area (Å²) in [6.07, 6.45) is 0.680. The quantitative estimate of drug-likeness (QED) is 0.363. The Labute approximate surface area is 103 Å². The van der Waals surface area contributed by atoms with Crippen molar-refractivity contribution < 1.29 is 14.3 Å². The zero-order valence-electron chi connectivity index (χ0n) is 8.85. The molecule has 0 saturated heterocycles. The highest BCUT2D eigenvalue weighted by Crippen LogP contribution is 2.26. The van der Waals surface area contributed by atoms with Crippen LogP contribution in [-0.4, -0.2) is 18.1 Å². The first-order valence-corrected chi connectivity index (χ1v) is 5.53. The molecule has 0 spiro atoms. The van der Waals surface area contributed by atoms with Crippen LogP contribution < -0.4 is 4.74 Å². The van der Waals surface area contributed by atoms with Gasteiger partial charge < -0.3 is 4.74 Å². The lowest BCUT2D eigenvalue weighted by molar-refractivity contribution is -0.131. The summed E-state index contributed by atoms with van der Waals surface area (Å²) in [7, 11) is 0. The van der Waals surface area contributed by atoms with E-state index in [1.807, 2.05) is 18.2 Å². The predicted octanol–water partition coefficient (Wildman–Crippen LogP) is 2.80. The first kappa shape index (κ1) is 11.6. The number of halogens is 1. The Kier molecular flexibility index (Phi) is 3.40. The first-order chi connectivity index (χ1) is 8.26. The molecule has 0 unspecified atom stereocenters. The van der Waals surface area contributed by atoms with E-state index in [9.17, 15) is 9.59 Å². The van der Waals surface area contributed by atoms with E-state index < -0.39 is 5.97 Å². The molecule has 86 valence electrons. The molecule has 0 bridgehead atoms. The Morgan fingerprint density at radius 1 is 1.24 bits per heavy atom. The van der Waals surface area contributed by atoms with Gasteiger partial charge in [-0.1, -0.05) is 30.3 Å². The molecule has 0 saturated carbocycles. The van der Waals surface area contributed by atoms with Crippen LogP contribution in [0.1, 0.15) is 10.4 Å². The van der Waals surface area contributed by atoms with E-state index in [1.54, 1.807) is 18.2 Å². The van der Waals surface area contributed by atoms with Gasteiger partial charge in [-0.2, -0.15) is 0 Å². The minimum Gasteiger partial charge on any atom is -0.425 e. The van der Waals surface area contributed by atoms with E-state index in [1.165, 1.54) is 0 Å². The Morgan fingerprint density at radius 2 is 2.00 bits per heavy atom. The average Bonchev–Trinajstić information content (AvgIpc) is 2.38. The number of carbonyl (C=O) groups excluding carboxylic acids is 2. The van der Waals surface area contributed by atoms with Crippen LogP contribution in [0.5, 0.6) is 5.75 Å². The van der Waals surface area contributed by atoms with Crippen molar-refractivity contribution >= 4 is 34.6 Å². The van der Waals surface area contributed by atoms with Gasteiger partial charge in [0.15, 0.2) is 6.29 Å². The molecule has 2 aromatic rings. The summed E-state index contributed by atoms with van der Waals surface area (Å²) >= 11 is 5.35. The predicted molar refractivity (Wildman–Crippen MR) is 65.7 cm³/mol. The van der Waals surface area contributed by atoms with Crippen molar-refractivity contribution in [3.8, 4) is 5.75 Å². The van der Waals surface area contributed by atoms with Crippen LogP contribution in [0.3, 0.4) is 0 Å². The summed E-state index contributed by atoms with van der Waals surface area (Å²) in [6, 6.07) is 10.8. The lowest BCUT2D eigenvalue weighted by atomic mass is 10.0. The van der Waals surface area contributed by atoms with Crippen LogP contribution in [0, 0.1) is 0 Å². The number of rotatable bonds is 3. The molecule has 0 amide bonds. The molecule has 0 aliphatic rings. The van der Waals surface area contributed by atoms with Gasteiger partial charge >= 0.3 is 5.97 Å². The molecular weight excluding hydrogens is 240 g/mol. The van der Waals surface area contributed by atoms with Crippen molar-refractivity contribution in [1.82, 2.24) is 0 Å². The molecule has 17 heavy (non-hydrogen) atoms. The highest BCUT2D eigenvalue weighted by molar-refractivity contribution is 6.26. The minimum atomic E-state index is -0.579. The van der Waals surface area contributed by atoms with Crippen molar-refractivity contribution in [2.75, 3.05) is 5.88 Å². The van der Waals surface area contributed by atoms with Crippen LogP contribution in [0.2, 0.25) is 0 Å². The van der Waals surface area contributed by atoms with E-state index in [2.05, 4.69) is 0 Å². The molecular formula is C13H9ClO3. The largest absolute Gasteiger partial charge is 0.425 e. The number of fused-ring (bicyclic) bond motifs is 1. The SMILES string of the molecule is O=Cc1c(OC(=O)CCl)ccc2ccccc12. The standard InChI is InChI=1S/C13H9ClO3/c14-7-13(16)17-12-6-5-9-3-1-2-4-10(9)11(12)8-15/h1-6,8H,7H2. The van der Waals surface area contributed by atoms with Gasteiger partial charge in [0.2, 0.25) is 0 Å². The van der Waals surface area contributed by atoms with Crippen LogP contribution in [0.4, 0.5) is 0 Å². The van der Waals surface area contributed by atoms with Gasteiger partial charge in [0.25, 0.3) is 0 Å². The topological polar surface area (TPSA) is 43.4 Å². The highest BCUT2D eigenvalue weighted by Gasteiger charge is 2.10. The fourth-order valence-electron chi connectivity index (χ4n) is 1.64. The van der Waals surface area contributed by atoms with Crippen molar-refractivity contribution in [3.05, 3.63) is 42.0 Å². The Bertz CT molecular complexity index is 578. The molecule has 0 aromatic heterocycles. The highest BCUT2D eigenvalue weighted by atomic mass is 35.5. The van der Waals surface area contributed by atoms with Crippen molar-refractivity contribution in [3.63, 3.8) is 0 Å². The Morgan fingerprint density at radius 3 is 2.71 bits per heavy atom. The fourth-order valence-corrected chi connectivity index (χ4v) is 1.69. The number of esters is 1. The van der Waals surface area contributed by atoms with Gasteiger partial charge in [0, 0.05) is 0 Å². The van der Waals surface area contributed by atoms with Crippen LogP contribution >= 0.6 is 11.6 Å². The monoisotopic (exact) mass is 248 g/mol. The van der Waals surface area contributed by atoms with Crippen LogP contribution in [0.25, 0.3) is 10.8 Å². The molecule has 0 aliphatic heterocycles. The van der Waals surface area contributed by atoms with E-state index in [-0.39, 0.29) is 11.6 Å². The average molecular weight is 249 g/mol. The Balaban J connectivity index is 2.57. The molecule has 0 aliphatic carbocycles. The van der Waals surface area contributed by atoms with Gasteiger partial charge in [0.1, 0.15) is 11.6 Å². The third-order valence-electron chi connectivity index (χ3n) is 2.38. The minimum absolute atomic E-state index is 0.240. The molecule has 2 aromatic carbocycles. The summed E-state index contributed by atoms with van der Waals surface area (Å²) in [6.45, 7) is 0. The van der Waals surface area contributed by atoms with Crippen molar-refractivity contribution in [2.45, 2.75) is 0 Å². The normalized spacial score (nSPS) is 10.2. The van der Waals surface area contributed by atoms with Gasteiger partial charge in [-0.25, -0.2) is 0 Å². The third-order valence-corrected chi connectivity index (χ3v) is 2.60. The lowest BCUT2D eigenvalue weighted by Gasteiger charge is -2.07. The maximum absolute atomic E-state index is 11.1. The number of carbonyl (C=O) groups is 2. The van der Waals surface area contributed by atoms with Gasteiger partial charge in [-0.05, 0) is 16.8 Å². The number of hydrogen-bond acceptors (Lipinski definition) is 3. The number of hydrogen-bond donors (Lipinski definition) is 0. The second-order valence-electron chi connectivity index (χ2n) is 3.42. The van der Waals surface area contributed by atoms with Crippen molar-refractivity contribution in [2.24, 2.45) is 0 Å². The maximum Gasteiger partial charge on any atom is 0.326 e. The van der Waals surface area contributed by atoms with Crippen molar-refractivity contribution in [1.29, 1.82) is 0 Å². The first-order valence-electron chi connectivity index (χ1n) is 5.00. The van der Waals surface area contributed by atoms with E-state index in [4.69, 9.17) is 16.3 Å². The van der Waals surface area contributed by atoms with Gasteiger partial charge in [-0.15, -0.1) is 11.6 Å². The van der Waals surface area contributed by atoms with Gasteiger partial charge in [0.05, 0.1) is 5.56 Å². The molecule has 3 nitrogen and oxygen atoms in total. The smallest absolute Gasteiger partial charge is 0.326 e. The summed E-state index contributed by atoms with van der Waals surface area (Å²) in [5, 5.41) is 1.67. The molecule has 4 heteroatoms. The second-order valence-corrected chi connectivity index (χ2v) is 3.69. The summed E-state index contributed by atoms with van der Waals surface area (Å²) in [5.74, 6) is -0.583. The Hall–Kier alpha value is -1.87. The molecule has 0 atom stereocenters. The lowest BCUT2D eigenvalue weighted by Crippen LogP contribution is -2.10. The van der Waals surface area contributed by atoms with Crippen LogP contribution in [-0.2, 0) is 4.79 Å². The summed E-state index contributed by atoms with van der Waals surface area (Å²) in [5.41, 5.74) is 0.363. The van der Waals surface area contributed by atoms with E-state index in [0.717, 1.165) is 10.8 Å². The zero-order chi connectivity index (χ0) is 12.3. The molecule has 0 heterocycles. The van der Waals surface area contributed by atoms with Crippen LogP contribution in [0.15, 0.2) is 36.4 Å². The molecule has 0 radical (unpaired) electrons. The maximum atomic E-state index is 11.1. The second kappa shape index (κ2) is 4.97. The number of aldehydes is 1. The third kappa shape index (κ3) is 2.29. The molecule has 0 N–H and O–H groups in total. The van der Waals surface area contributed by atoms with E-state index >= 15 is 0 Å². The van der Waals surface area contributed by atoms with Gasteiger partial charge in [-0.3, -0.25) is 9.59 Å². The van der Waals surface area contributed by atoms with E-state index in [0.29, 0.717) is 11.8 Å². The zero-order valence-corrected chi connectivity index (χ0v) is 9.61. The number of ether oxygens (including phenoxy) is 1. The summed E-state index contributed by atoms with van der Waals surface area (Å²) in [4.78, 5) is 22.2. The number of alkyl halides is 1. The number of benzene rings is 2. The molecule has 2 rings (SSSR count). The molecule has 0 fully saturated rings.